The van der Waals surface area contributed by atoms with Gasteiger partial charge >= 0.3 is 12.1 Å². The molecule has 1 fully saturated rings. The molecule has 4 amide bonds. The molecule has 0 saturated carbocycles. The third-order valence-electron chi connectivity index (χ3n) is 5.85. The largest absolute Gasteiger partial charge is 0.624 e. The highest BCUT2D eigenvalue weighted by atomic mass is 19.4. The molecule has 2 unspecified atom stereocenters. The van der Waals surface area contributed by atoms with Gasteiger partial charge in [-0.05, 0) is 29.8 Å². The van der Waals surface area contributed by atoms with Crippen LogP contribution in [-0.2, 0) is 28.9 Å². The van der Waals surface area contributed by atoms with Crippen molar-refractivity contribution >= 4 is 23.6 Å². The van der Waals surface area contributed by atoms with Gasteiger partial charge in [-0.2, -0.15) is 13.2 Å². The smallest absolute Gasteiger partial charge is 0.416 e. The Balaban J connectivity index is 1.53. The lowest BCUT2D eigenvalue weighted by Crippen LogP contribution is -2.60. The van der Waals surface area contributed by atoms with Crippen molar-refractivity contribution in [2.75, 3.05) is 0 Å². The van der Waals surface area contributed by atoms with E-state index in [-0.39, 0.29) is 37.1 Å². The number of hydrogen-bond donors (Lipinski definition) is 2. The lowest BCUT2D eigenvalue weighted by atomic mass is 10.0. The predicted molar refractivity (Wildman–Crippen MR) is 107 cm³/mol. The molecule has 0 bridgehead atoms. The molecule has 2 N–H and O–H groups in total. The summed E-state index contributed by atoms with van der Waals surface area (Å²) in [5.41, 5.74) is -0.249. The fraction of sp³-hybridized carbons (Fsp3) is 0.273. The fourth-order valence-electron chi connectivity index (χ4n) is 4.14. The summed E-state index contributed by atoms with van der Waals surface area (Å²) in [6, 6.07) is 7.23. The van der Waals surface area contributed by atoms with E-state index in [0.717, 1.165) is 18.2 Å². The summed E-state index contributed by atoms with van der Waals surface area (Å²) in [7, 11) is 0. The standard InChI is InChI=1S/C22H18F3N3O5/c23-22(24,25)14-5-1-3-12(9-14)19(30)26-10-13-4-2-6-15-16(13)11-28(33,21(15)32)17-7-8-18(29)27-20(17)31/h1-6,9,17H,7-8,10-11H2,(H,26,30)(H,27,29,31). The summed E-state index contributed by atoms with van der Waals surface area (Å²) in [6.45, 7) is -0.489. The van der Waals surface area contributed by atoms with E-state index in [1.165, 1.54) is 18.2 Å². The SMILES string of the molecule is O=C1CCC([N+]2([O-])Cc3c(CNC(=O)c4cccc(C(F)(F)F)c4)cccc3C2=O)C(=O)N1. The molecule has 8 nitrogen and oxygen atoms in total. The number of fused-ring (bicyclic) bond motifs is 1. The molecule has 2 aromatic rings. The van der Waals surface area contributed by atoms with Crippen molar-refractivity contribution in [3.05, 3.63) is 75.5 Å². The van der Waals surface area contributed by atoms with E-state index in [2.05, 4.69) is 10.6 Å². The molecule has 0 spiro atoms. The molecule has 1 saturated heterocycles. The summed E-state index contributed by atoms with van der Waals surface area (Å²) in [5.74, 6) is -2.88. The van der Waals surface area contributed by atoms with Crippen LogP contribution in [0.5, 0.6) is 0 Å². The van der Waals surface area contributed by atoms with Gasteiger partial charge in [0.2, 0.25) is 5.91 Å². The fourth-order valence-corrected chi connectivity index (χ4v) is 4.14. The number of piperidine rings is 1. The Morgan fingerprint density at radius 1 is 1.15 bits per heavy atom. The van der Waals surface area contributed by atoms with E-state index >= 15 is 0 Å². The number of nitrogens with zero attached hydrogens (tertiary/aromatic N) is 1. The maximum Gasteiger partial charge on any atom is 0.416 e. The first-order chi connectivity index (χ1) is 15.5. The maximum absolute atomic E-state index is 13.4. The van der Waals surface area contributed by atoms with E-state index in [9.17, 15) is 37.6 Å². The second-order valence-electron chi connectivity index (χ2n) is 7.93. The van der Waals surface area contributed by atoms with Crippen molar-refractivity contribution in [3.8, 4) is 0 Å². The van der Waals surface area contributed by atoms with E-state index < -0.39 is 46.1 Å². The van der Waals surface area contributed by atoms with Gasteiger partial charge in [0.15, 0.2) is 6.04 Å². The van der Waals surface area contributed by atoms with Crippen LogP contribution in [0.3, 0.4) is 0 Å². The number of alkyl halides is 3. The van der Waals surface area contributed by atoms with Crippen molar-refractivity contribution in [2.45, 2.75) is 38.1 Å². The van der Waals surface area contributed by atoms with Gasteiger partial charge in [0.25, 0.3) is 11.8 Å². The number of benzene rings is 2. The molecule has 0 radical (unpaired) electrons. The molecule has 2 aliphatic heterocycles. The van der Waals surface area contributed by atoms with Crippen molar-refractivity contribution in [2.24, 2.45) is 0 Å². The first kappa shape index (κ1) is 22.6. The average Bonchev–Trinajstić information content (AvgIpc) is 3.03. The molecule has 33 heavy (non-hydrogen) atoms. The van der Waals surface area contributed by atoms with Gasteiger partial charge in [-0.1, -0.05) is 18.2 Å². The van der Waals surface area contributed by atoms with Crippen LogP contribution in [0, 0.1) is 5.21 Å². The molecule has 2 aromatic carbocycles. The summed E-state index contributed by atoms with van der Waals surface area (Å²) >= 11 is 0. The molecule has 2 atom stereocenters. The Hall–Kier alpha value is -3.57. The molecule has 172 valence electrons. The topological polar surface area (TPSA) is 115 Å². The molecule has 11 heteroatoms. The Morgan fingerprint density at radius 2 is 1.88 bits per heavy atom. The van der Waals surface area contributed by atoms with Crippen molar-refractivity contribution in [1.82, 2.24) is 10.6 Å². The van der Waals surface area contributed by atoms with E-state index in [1.54, 1.807) is 6.07 Å². The minimum Gasteiger partial charge on any atom is -0.624 e. The average molecular weight is 461 g/mol. The first-order valence-electron chi connectivity index (χ1n) is 10.0. The summed E-state index contributed by atoms with van der Waals surface area (Å²) in [6.07, 6.45) is -4.71. The zero-order valence-electron chi connectivity index (χ0n) is 17.1. The minimum absolute atomic E-state index is 0.0534. The van der Waals surface area contributed by atoms with Crippen LogP contribution in [0.15, 0.2) is 42.5 Å². The normalized spacial score (nSPS) is 22.7. The second-order valence-corrected chi connectivity index (χ2v) is 7.93. The van der Waals surface area contributed by atoms with Gasteiger partial charge in [-0.15, -0.1) is 0 Å². The van der Waals surface area contributed by atoms with E-state index in [1.807, 2.05) is 0 Å². The minimum atomic E-state index is -4.59. The van der Waals surface area contributed by atoms with Crippen LogP contribution in [0.1, 0.15) is 50.2 Å². The van der Waals surface area contributed by atoms with Crippen LogP contribution in [0.2, 0.25) is 0 Å². The number of rotatable bonds is 4. The van der Waals surface area contributed by atoms with Gasteiger partial charge in [0.05, 0.1) is 11.1 Å². The molecule has 0 aromatic heterocycles. The second kappa shape index (κ2) is 8.09. The zero-order valence-corrected chi connectivity index (χ0v) is 17.1. The number of imide groups is 1. The maximum atomic E-state index is 13.4. The Labute approximate surface area is 185 Å². The predicted octanol–water partition coefficient (Wildman–Crippen LogP) is 2.41. The summed E-state index contributed by atoms with van der Waals surface area (Å²) in [5, 5.41) is 18.0. The number of quaternary nitrogens is 1. The summed E-state index contributed by atoms with van der Waals surface area (Å²) < 4.78 is 37.2. The van der Waals surface area contributed by atoms with Crippen LogP contribution in [0.4, 0.5) is 13.2 Å². The quantitative estimate of drug-likeness (QED) is 0.412. The highest BCUT2D eigenvalue weighted by molar-refractivity contribution is 6.02. The highest BCUT2D eigenvalue weighted by Crippen LogP contribution is 2.36. The van der Waals surface area contributed by atoms with Gasteiger partial charge in [-0.3, -0.25) is 24.3 Å². The van der Waals surface area contributed by atoms with Gasteiger partial charge in [0, 0.05) is 30.5 Å². The number of carbonyl (C=O) groups is 4. The van der Waals surface area contributed by atoms with Crippen LogP contribution in [-0.4, -0.2) is 34.3 Å². The third-order valence-corrected chi connectivity index (χ3v) is 5.85. The number of halogens is 3. The number of hydroxylamine groups is 3. The molecule has 0 aliphatic carbocycles. The Bertz CT molecular complexity index is 1180. The van der Waals surface area contributed by atoms with Crippen LogP contribution < -0.4 is 10.6 Å². The van der Waals surface area contributed by atoms with Crippen molar-refractivity contribution < 1.29 is 37.0 Å². The van der Waals surface area contributed by atoms with Crippen LogP contribution in [0.25, 0.3) is 0 Å². The molecular weight excluding hydrogens is 443 g/mol. The van der Waals surface area contributed by atoms with E-state index in [0.29, 0.717) is 11.1 Å². The number of nitrogens with one attached hydrogen (secondary N) is 2. The molecule has 4 rings (SSSR count). The summed E-state index contributed by atoms with van der Waals surface area (Å²) in [4.78, 5) is 48.9. The van der Waals surface area contributed by atoms with E-state index in [4.69, 9.17) is 0 Å². The van der Waals surface area contributed by atoms with Gasteiger partial charge in [-0.25, -0.2) is 4.79 Å². The third kappa shape index (κ3) is 4.12. The lowest BCUT2D eigenvalue weighted by molar-refractivity contribution is -0.825. The molecule has 2 heterocycles. The lowest BCUT2D eigenvalue weighted by Gasteiger charge is -2.42. The van der Waals surface area contributed by atoms with Gasteiger partial charge < -0.3 is 10.5 Å². The van der Waals surface area contributed by atoms with Crippen LogP contribution >= 0.6 is 0 Å². The molecular formula is C22H18F3N3O5. The van der Waals surface area contributed by atoms with Crippen molar-refractivity contribution in [1.29, 1.82) is 0 Å². The monoisotopic (exact) mass is 461 g/mol. The number of amides is 4. The first-order valence-corrected chi connectivity index (χ1v) is 10.0. The molecule has 2 aliphatic rings. The van der Waals surface area contributed by atoms with Crippen molar-refractivity contribution in [3.63, 3.8) is 0 Å². The highest BCUT2D eigenvalue weighted by Gasteiger charge is 2.49. The Kier molecular flexibility index (Phi) is 5.54. The van der Waals surface area contributed by atoms with Gasteiger partial charge in [0.1, 0.15) is 6.54 Å². The zero-order chi connectivity index (χ0) is 24.0. The Morgan fingerprint density at radius 3 is 2.58 bits per heavy atom. The number of hydrogen-bond acceptors (Lipinski definition) is 5. The number of carbonyl (C=O) groups excluding carboxylic acids is 4.